The van der Waals surface area contributed by atoms with Crippen LogP contribution in [0.4, 0.5) is 10.8 Å². The molecule has 10 heteroatoms. The van der Waals surface area contributed by atoms with E-state index in [1.165, 1.54) is 23.1 Å². The van der Waals surface area contributed by atoms with Gasteiger partial charge in [0.15, 0.2) is 4.34 Å². The van der Waals surface area contributed by atoms with Crippen LogP contribution in [0.1, 0.15) is 0 Å². The van der Waals surface area contributed by atoms with E-state index >= 15 is 0 Å². The largest absolute Gasteiger partial charge is 0.456 e. The number of carbonyl (C=O) groups excluding carboxylic acids is 1. The van der Waals surface area contributed by atoms with Gasteiger partial charge in [0.25, 0.3) is 0 Å². The molecule has 0 atom stereocenters. The van der Waals surface area contributed by atoms with Crippen molar-refractivity contribution in [1.29, 1.82) is 0 Å². The third kappa shape index (κ3) is 6.90. The Balaban J connectivity index is 1.45. The number of benzene rings is 2. The van der Waals surface area contributed by atoms with Crippen LogP contribution in [0.5, 0.6) is 11.5 Å². The Kier molecular flexibility index (Phi) is 8.12. The molecular formula is C19H19ClN4O3S2. The second-order valence-corrected chi connectivity index (χ2v) is 8.29. The number of hydrogen-bond donors (Lipinski definition) is 2. The van der Waals surface area contributed by atoms with Crippen LogP contribution in [-0.2, 0) is 9.53 Å². The predicted molar refractivity (Wildman–Crippen MR) is 118 cm³/mol. The minimum absolute atomic E-state index is 0.126. The molecule has 0 saturated heterocycles. The number of nitrogens with one attached hydrogen (secondary N) is 2. The fourth-order valence-corrected chi connectivity index (χ4v) is 3.94. The quantitative estimate of drug-likeness (QED) is 0.340. The van der Waals surface area contributed by atoms with E-state index in [0.29, 0.717) is 40.5 Å². The molecule has 1 aromatic heterocycles. The molecule has 152 valence electrons. The number of rotatable bonds is 10. The van der Waals surface area contributed by atoms with Crippen molar-refractivity contribution in [3.8, 4) is 11.5 Å². The van der Waals surface area contributed by atoms with Crippen molar-refractivity contribution < 1.29 is 14.3 Å². The van der Waals surface area contributed by atoms with Gasteiger partial charge in [-0.25, -0.2) is 0 Å². The summed E-state index contributed by atoms with van der Waals surface area (Å²) in [6.07, 6.45) is 0. The molecule has 3 rings (SSSR count). The van der Waals surface area contributed by atoms with Crippen molar-refractivity contribution in [2.75, 3.05) is 36.6 Å². The number of methoxy groups -OCH3 is 1. The number of hydrogen-bond acceptors (Lipinski definition) is 8. The van der Waals surface area contributed by atoms with Crippen LogP contribution >= 0.6 is 34.7 Å². The normalized spacial score (nSPS) is 10.6. The second-order valence-electron chi connectivity index (χ2n) is 5.69. The van der Waals surface area contributed by atoms with Crippen LogP contribution in [0.3, 0.4) is 0 Å². The number of thioether (sulfide) groups is 1. The minimum Gasteiger partial charge on any atom is -0.456 e. The molecule has 1 amide bonds. The summed E-state index contributed by atoms with van der Waals surface area (Å²) in [6.45, 7) is 1.25. The van der Waals surface area contributed by atoms with Gasteiger partial charge in [0.2, 0.25) is 11.0 Å². The Morgan fingerprint density at radius 1 is 1.17 bits per heavy atom. The third-order valence-electron chi connectivity index (χ3n) is 3.52. The van der Waals surface area contributed by atoms with Gasteiger partial charge in [-0.2, -0.15) is 0 Å². The number of nitrogens with zero attached hydrogens (tertiary/aromatic N) is 2. The van der Waals surface area contributed by atoms with E-state index in [4.69, 9.17) is 21.1 Å². The Bertz CT molecular complexity index is 937. The fourth-order valence-electron chi connectivity index (χ4n) is 2.18. The average molecular weight is 451 g/mol. The molecule has 0 aliphatic carbocycles. The summed E-state index contributed by atoms with van der Waals surface area (Å²) in [4.78, 5) is 12.2. The lowest BCUT2D eigenvalue weighted by molar-refractivity contribution is -0.113. The van der Waals surface area contributed by atoms with Crippen LogP contribution in [0, 0.1) is 0 Å². The Hall–Kier alpha value is -2.33. The van der Waals surface area contributed by atoms with Gasteiger partial charge < -0.3 is 20.1 Å². The minimum atomic E-state index is -0.126. The summed E-state index contributed by atoms with van der Waals surface area (Å²) >= 11 is 8.83. The molecule has 29 heavy (non-hydrogen) atoms. The molecule has 0 unspecified atom stereocenters. The van der Waals surface area contributed by atoms with Gasteiger partial charge in [-0.3, -0.25) is 4.79 Å². The number of para-hydroxylation sites is 1. The van der Waals surface area contributed by atoms with Crippen LogP contribution in [0.25, 0.3) is 0 Å². The van der Waals surface area contributed by atoms with Gasteiger partial charge in [-0.15, -0.1) is 10.2 Å². The van der Waals surface area contributed by atoms with E-state index in [9.17, 15) is 4.79 Å². The van der Waals surface area contributed by atoms with E-state index in [0.717, 1.165) is 4.34 Å². The van der Waals surface area contributed by atoms with Crippen LogP contribution in [0.15, 0.2) is 52.9 Å². The maximum atomic E-state index is 12.2. The first-order chi connectivity index (χ1) is 14.1. The number of aromatic nitrogens is 2. The van der Waals surface area contributed by atoms with Gasteiger partial charge in [0.05, 0.1) is 17.4 Å². The zero-order chi connectivity index (χ0) is 20.5. The molecule has 1 heterocycles. The third-order valence-corrected chi connectivity index (χ3v) is 5.84. The van der Waals surface area contributed by atoms with E-state index in [-0.39, 0.29) is 11.7 Å². The molecule has 2 aromatic carbocycles. The molecule has 0 bridgehead atoms. The van der Waals surface area contributed by atoms with Crippen molar-refractivity contribution >= 4 is 51.4 Å². The predicted octanol–water partition coefficient (Wildman–Crippen LogP) is 4.77. The van der Waals surface area contributed by atoms with E-state index < -0.39 is 0 Å². The van der Waals surface area contributed by atoms with Crippen molar-refractivity contribution in [3.05, 3.63) is 53.6 Å². The van der Waals surface area contributed by atoms with Crippen LogP contribution in [0.2, 0.25) is 5.02 Å². The van der Waals surface area contributed by atoms with Crippen LogP contribution < -0.4 is 15.4 Å². The van der Waals surface area contributed by atoms with Crippen molar-refractivity contribution in [2.45, 2.75) is 4.34 Å². The molecule has 0 saturated carbocycles. The highest BCUT2D eigenvalue weighted by Crippen LogP contribution is 2.29. The maximum absolute atomic E-state index is 12.2. The average Bonchev–Trinajstić information content (AvgIpc) is 3.18. The molecule has 7 nitrogen and oxygen atoms in total. The summed E-state index contributed by atoms with van der Waals surface area (Å²) in [6, 6.07) is 14.3. The highest BCUT2D eigenvalue weighted by Gasteiger charge is 2.09. The van der Waals surface area contributed by atoms with Gasteiger partial charge in [0, 0.05) is 19.3 Å². The molecule has 3 aromatic rings. The molecule has 0 spiro atoms. The molecule has 0 fully saturated rings. The zero-order valence-electron chi connectivity index (χ0n) is 15.6. The molecule has 0 radical (unpaired) electrons. The SMILES string of the molecule is COCCNc1nnc(SCC(=O)Nc2ccc(Oc3ccccc3Cl)cc2)s1. The maximum Gasteiger partial charge on any atom is 0.234 e. The number of carbonyl (C=O) groups is 1. The lowest BCUT2D eigenvalue weighted by atomic mass is 10.3. The molecule has 0 aliphatic heterocycles. The summed E-state index contributed by atoms with van der Waals surface area (Å²) in [5.41, 5.74) is 0.682. The van der Waals surface area contributed by atoms with Crippen LogP contribution in [-0.4, -0.2) is 42.1 Å². The van der Waals surface area contributed by atoms with Gasteiger partial charge in [-0.1, -0.05) is 46.8 Å². The molecule has 2 N–H and O–H groups in total. The topological polar surface area (TPSA) is 85.4 Å². The standard InChI is InChI=1S/C19H19ClN4O3S2/c1-26-11-10-21-18-23-24-19(29-18)28-12-17(25)22-13-6-8-14(9-7-13)27-16-5-3-2-4-15(16)20/h2-9H,10-12H2,1H3,(H,21,23)(H,22,25). The smallest absolute Gasteiger partial charge is 0.234 e. The van der Waals surface area contributed by atoms with E-state index in [1.54, 1.807) is 43.5 Å². The fraction of sp³-hybridized carbons (Fsp3) is 0.211. The van der Waals surface area contributed by atoms with Crippen molar-refractivity contribution in [3.63, 3.8) is 0 Å². The van der Waals surface area contributed by atoms with Crippen molar-refractivity contribution in [1.82, 2.24) is 10.2 Å². The van der Waals surface area contributed by atoms with E-state index in [1.807, 2.05) is 12.1 Å². The van der Waals surface area contributed by atoms with Gasteiger partial charge in [0.1, 0.15) is 11.5 Å². The number of halogens is 1. The summed E-state index contributed by atoms with van der Waals surface area (Å²) < 4.78 is 11.4. The molecular weight excluding hydrogens is 432 g/mol. The first-order valence-corrected chi connectivity index (χ1v) is 10.8. The lowest BCUT2D eigenvalue weighted by Crippen LogP contribution is -2.13. The monoisotopic (exact) mass is 450 g/mol. The Labute approximate surface area is 181 Å². The molecule has 0 aliphatic rings. The van der Waals surface area contributed by atoms with Crippen molar-refractivity contribution in [2.24, 2.45) is 0 Å². The highest BCUT2D eigenvalue weighted by molar-refractivity contribution is 8.01. The lowest BCUT2D eigenvalue weighted by Gasteiger charge is -2.09. The zero-order valence-corrected chi connectivity index (χ0v) is 17.9. The first-order valence-electron chi connectivity index (χ1n) is 8.65. The van der Waals surface area contributed by atoms with Gasteiger partial charge >= 0.3 is 0 Å². The van der Waals surface area contributed by atoms with Gasteiger partial charge in [-0.05, 0) is 36.4 Å². The number of amides is 1. The Morgan fingerprint density at radius 2 is 1.97 bits per heavy atom. The first kappa shape index (κ1) is 21.4. The van der Waals surface area contributed by atoms with E-state index in [2.05, 4.69) is 20.8 Å². The highest BCUT2D eigenvalue weighted by atomic mass is 35.5. The number of ether oxygens (including phenoxy) is 2. The summed E-state index contributed by atoms with van der Waals surface area (Å²) in [5, 5.41) is 15.3. The summed E-state index contributed by atoms with van der Waals surface area (Å²) in [5.74, 6) is 1.33. The Morgan fingerprint density at radius 3 is 2.72 bits per heavy atom. The number of anilines is 2. The second kappa shape index (κ2) is 11.0. The summed E-state index contributed by atoms with van der Waals surface area (Å²) in [7, 11) is 1.64.